The predicted octanol–water partition coefficient (Wildman–Crippen LogP) is 3.33. The Hall–Kier alpha value is -0.0300. The van der Waals surface area contributed by atoms with Crippen LogP contribution in [0.2, 0.25) is 0 Å². The zero-order chi connectivity index (χ0) is 13.2. The summed E-state index contributed by atoms with van der Waals surface area (Å²) in [6, 6.07) is 6.15. The Kier molecular flexibility index (Phi) is 4.52. The molecule has 2 atom stereocenters. The first-order valence-electron chi connectivity index (χ1n) is 7.39. The minimum absolute atomic E-state index is 0.703. The first-order chi connectivity index (χ1) is 9.22. The van der Waals surface area contributed by atoms with Crippen LogP contribution >= 0.6 is 23.1 Å². The van der Waals surface area contributed by atoms with Crippen molar-refractivity contribution >= 4 is 23.1 Å². The molecule has 3 rings (SSSR count). The summed E-state index contributed by atoms with van der Waals surface area (Å²) in [5, 5.41) is 4.37. The molecular formula is C15H24N2S2. The lowest BCUT2D eigenvalue weighted by atomic mass is 10.2. The second kappa shape index (κ2) is 6.17. The number of hydrogen-bond donors (Lipinski definition) is 1. The van der Waals surface area contributed by atoms with Gasteiger partial charge < -0.3 is 5.32 Å². The van der Waals surface area contributed by atoms with E-state index in [9.17, 15) is 0 Å². The highest BCUT2D eigenvalue weighted by molar-refractivity contribution is 8.00. The van der Waals surface area contributed by atoms with Crippen molar-refractivity contribution in [1.82, 2.24) is 10.2 Å². The van der Waals surface area contributed by atoms with Crippen LogP contribution in [0.3, 0.4) is 0 Å². The van der Waals surface area contributed by atoms with Gasteiger partial charge in [-0.2, -0.15) is 11.8 Å². The van der Waals surface area contributed by atoms with Gasteiger partial charge >= 0.3 is 0 Å². The second-order valence-corrected chi connectivity index (χ2v) is 8.55. The molecule has 0 amide bonds. The SMILES string of the molecule is CC1SCCN(Cc2ccc(CNC3CC3)s2)C1C. The largest absolute Gasteiger partial charge is 0.309 e. The zero-order valence-electron chi connectivity index (χ0n) is 11.9. The van der Waals surface area contributed by atoms with Gasteiger partial charge in [-0.25, -0.2) is 0 Å². The van der Waals surface area contributed by atoms with Gasteiger partial charge in [-0.1, -0.05) is 6.92 Å². The van der Waals surface area contributed by atoms with E-state index in [2.05, 4.69) is 48.0 Å². The summed E-state index contributed by atoms with van der Waals surface area (Å²) in [5.74, 6) is 1.28. The lowest BCUT2D eigenvalue weighted by Crippen LogP contribution is -2.43. The Morgan fingerprint density at radius 3 is 2.84 bits per heavy atom. The summed E-state index contributed by atoms with van der Waals surface area (Å²) in [4.78, 5) is 5.66. The third-order valence-electron chi connectivity index (χ3n) is 4.23. The molecule has 1 N–H and O–H groups in total. The molecule has 1 saturated carbocycles. The number of rotatable bonds is 5. The molecule has 0 spiro atoms. The second-order valence-electron chi connectivity index (χ2n) is 5.81. The maximum Gasteiger partial charge on any atom is 0.0331 e. The number of hydrogen-bond acceptors (Lipinski definition) is 4. The minimum Gasteiger partial charge on any atom is -0.309 e. The monoisotopic (exact) mass is 296 g/mol. The summed E-state index contributed by atoms with van der Waals surface area (Å²) < 4.78 is 0. The van der Waals surface area contributed by atoms with E-state index in [1.54, 1.807) is 0 Å². The number of thiophene rings is 1. The fourth-order valence-electron chi connectivity index (χ4n) is 2.55. The minimum atomic E-state index is 0.703. The average Bonchev–Trinajstić information content (AvgIpc) is 3.13. The summed E-state index contributed by atoms with van der Waals surface area (Å²) in [6.45, 7) is 8.18. The number of nitrogens with one attached hydrogen (secondary N) is 1. The fraction of sp³-hybridized carbons (Fsp3) is 0.733. The maximum absolute atomic E-state index is 3.60. The highest BCUT2D eigenvalue weighted by Gasteiger charge is 2.25. The van der Waals surface area contributed by atoms with Gasteiger partial charge in [0.05, 0.1) is 0 Å². The molecule has 2 unspecified atom stereocenters. The van der Waals surface area contributed by atoms with Gasteiger partial charge in [0.25, 0.3) is 0 Å². The molecule has 0 aromatic carbocycles. The van der Waals surface area contributed by atoms with Crippen molar-refractivity contribution in [2.24, 2.45) is 0 Å². The van der Waals surface area contributed by atoms with E-state index in [0.717, 1.165) is 24.4 Å². The normalized spacial score (nSPS) is 28.7. The highest BCUT2D eigenvalue weighted by Crippen LogP contribution is 2.27. The zero-order valence-corrected chi connectivity index (χ0v) is 13.5. The van der Waals surface area contributed by atoms with Crippen molar-refractivity contribution in [2.45, 2.75) is 57.1 Å². The first kappa shape index (κ1) is 13.9. The summed E-state index contributed by atoms with van der Waals surface area (Å²) >= 11 is 4.10. The molecule has 1 aliphatic carbocycles. The molecule has 106 valence electrons. The van der Waals surface area contributed by atoms with Crippen LogP contribution in [0.4, 0.5) is 0 Å². The third-order valence-corrected chi connectivity index (χ3v) is 6.64. The van der Waals surface area contributed by atoms with Crippen LogP contribution in [0.25, 0.3) is 0 Å². The molecule has 0 bridgehead atoms. The Morgan fingerprint density at radius 1 is 1.26 bits per heavy atom. The number of nitrogens with zero attached hydrogens (tertiary/aromatic N) is 1. The van der Waals surface area contributed by atoms with E-state index < -0.39 is 0 Å². The molecule has 1 aromatic rings. The lowest BCUT2D eigenvalue weighted by Gasteiger charge is -2.37. The average molecular weight is 297 g/mol. The van der Waals surface area contributed by atoms with Crippen LogP contribution in [0.15, 0.2) is 12.1 Å². The Bertz CT molecular complexity index is 414. The van der Waals surface area contributed by atoms with Crippen LogP contribution in [-0.2, 0) is 13.1 Å². The van der Waals surface area contributed by atoms with E-state index in [0.29, 0.717) is 6.04 Å². The van der Waals surface area contributed by atoms with Gasteiger partial charge in [0.1, 0.15) is 0 Å². The van der Waals surface area contributed by atoms with Crippen molar-refractivity contribution in [3.63, 3.8) is 0 Å². The standard InChI is InChI=1S/C15H24N2S2/c1-11-12(2)18-8-7-17(11)10-15-6-5-14(19-15)9-16-13-3-4-13/h5-6,11-13,16H,3-4,7-10H2,1-2H3. The van der Waals surface area contributed by atoms with Gasteiger partial charge in [0.15, 0.2) is 0 Å². The maximum atomic E-state index is 3.60. The van der Waals surface area contributed by atoms with E-state index in [-0.39, 0.29) is 0 Å². The van der Waals surface area contributed by atoms with Crippen LogP contribution in [0.5, 0.6) is 0 Å². The van der Waals surface area contributed by atoms with Crippen LogP contribution in [0.1, 0.15) is 36.4 Å². The van der Waals surface area contributed by atoms with E-state index >= 15 is 0 Å². The molecule has 1 aliphatic heterocycles. The summed E-state index contributed by atoms with van der Waals surface area (Å²) in [6.07, 6.45) is 2.75. The lowest BCUT2D eigenvalue weighted by molar-refractivity contribution is 0.206. The molecule has 19 heavy (non-hydrogen) atoms. The Labute approximate surface area is 125 Å². The molecular weight excluding hydrogens is 272 g/mol. The molecule has 1 aromatic heterocycles. The van der Waals surface area contributed by atoms with E-state index in [1.165, 1.54) is 34.9 Å². The van der Waals surface area contributed by atoms with E-state index in [1.807, 2.05) is 11.3 Å². The molecule has 0 radical (unpaired) electrons. The van der Waals surface area contributed by atoms with Crippen molar-refractivity contribution < 1.29 is 0 Å². The Balaban J connectivity index is 1.53. The molecule has 2 aliphatic rings. The molecule has 2 fully saturated rings. The van der Waals surface area contributed by atoms with Crippen LogP contribution < -0.4 is 5.32 Å². The van der Waals surface area contributed by atoms with Crippen LogP contribution in [-0.4, -0.2) is 34.5 Å². The highest BCUT2D eigenvalue weighted by atomic mass is 32.2. The summed E-state index contributed by atoms with van der Waals surface area (Å²) in [5.41, 5.74) is 0. The van der Waals surface area contributed by atoms with Crippen molar-refractivity contribution in [3.8, 4) is 0 Å². The van der Waals surface area contributed by atoms with Crippen LogP contribution in [0, 0.1) is 0 Å². The predicted molar refractivity (Wildman–Crippen MR) is 86.0 cm³/mol. The van der Waals surface area contributed by atoms with Gasteiger partial charge in [-0.05, 0) is 31.9 Å². The topological polar surface area (TPSA) is 15.3 Å². The van der Waals surface area contributed by atoms with Gasteiger partial charge in [0, 0.05) is 52.5 Å². The fourth-order valence-corrected chi connectivity index (χ4v) is 4.71. The van der Waals surface area contributed by atoms with Gasteiger partial charge in [-0.15, -0.1) is 11.3 Å². The van der Waals surface area contributed by atoms with Gasteiger partial charge in [-0.3, -0.25) is 4.90 Å². The van der Waals surface area contributed by atoms with Crippen molar-refractivity contribution in [2.75, 3.05) is 12.3 Å². The van der Waals surface area contributed by atoms with E-state index in [4.69, 9.17) is 0 Å². The third kappa shape index (κ3) is 3.75. The smallest absolute Gasteiger partial charge is 0.0331 e. The van der Waals surface area contributed by atoms with Crippen molar-refractivity contribution in [3.05, 3.63) is 21.9 Å². The summed E-state index contributed by atoms with van der Waals surface area (Å²) in [7, 11) is 0. The Morgan fingerprint density at radius 2 is 2.05 bits per heavy atom. The molecule has 4 heteroatoms. The quantitative estimate of drug-likeness (QED) is 0.897. The first-order valence-corrected chi connectivity index (χ1v) is 9.25. The molecule has 1 saturated heterocycles. The molecule has 2 nitrogen and oxygen atoms in total. The molecule has 2 heterocycles. The van der Waals surface area contributed by atoms with Crippen molar-refractivity contribution in [1.29, 1.82) is 0 Å². The van der Waals surface area contributed by atoms with Gasteiger partial charge in [0.2, 0.25) is 0 Å². The number of thioether (sulfide) groups is 1.